The van der Waals surface area contributed by atoms with E-state index in [1.165, 1.54) is 6.07 Å². The van der Waals surface area contributed by atoms with Crippen molar-refractivity contribution in [1.29, 1.82) is 0 Å². The highest BCUT2D eigenvalue weighted by atomic mass is 16.6. The molecule has 30 heteroatoms. The topological polar surface area (TPSA) is 531 Å². The zero-order valence-electron chi connectivity index (χ0n) is 48.4. The number of rotatable bonds is 11. The first kappa shape index (κ1) is 62.8. The van der Waals surface area contributed by atoms with Crippen LogP contribution in [0, 0.1) is 0 Å². The maximum Gasteiger partial charge on any atom is 0.338 e. The molecule has 3 aliphatic rings. The molecule has 9 aromatic carbocycles. The van der Waals surface area contributed by atoms with E-state index in [0.29, 0.717) is 36.4 Å². The minimum atomic E-state index is -2.27. The summed E-state index contributed by atoms with van der Waals surface area (Å²) in [5, 5.41) is 232. The van der Waals surface area contributed by atoms with Gasteiger partial charge in [-0.05, 0) is 72.8 Å². The summed E-state index contributed by atoms with van der Waals surface area (Å²) >= 11 is 0. The Balaban J connectivity index is 1.16. The fourth-order valence-electron chi connectivity index (χ4n) is 12.0. The van der Waals surface area contributed by atoms with Crippen LogP contribution in [0.4, 0.5) is 0 Å². The first-order valence-corrected chi connectivity index (χ1v) is 28.1. The van der Waals surface area contributed by atoms with Gasteiger partial charge in [-0.2, -0.15) is 0 Å². The van der Waals surface area contributed by atoms with Crippen LogP contribution in [0.25, 0.3) is 0 Å². The predicted molar refractivity (Wildman–Crippen MR) is 318 cm³/mol. The van der Waals surface area contributed by atoms with E-state index in [-0.39, 0.29) is 16.7 Å². The van der Waals surface area contributed by atoms with Crippen molar-refractivity contribution in [3.63, 3.8) is 0 Å². The Labute approximate surface area is 535 Å². The molecule has 96 heavy (non-hydrogen) atoms. The molecule has 0 saturated heterocycles. The molecule has 3 heterocycles. The Hall–Kier alpha value is -13.4. The summed E-state index contributed by atoms with van der Waals surface area (Å²) < 4.78 is 38.4. The van der Waals surface area contributed by atoms with Gasteiger partial charge in [0, 0.05) is 75.2 Å². The third kappa shape index (κ3) is 10.8. The second kappa shape index (κ2) is 23.4. The smallest absolute Gasteiger partial charge is 0.338 e. The summed E-state index contributed by atoms with van der Waals surface area (Å²) in [6, 6.07) is 16.1. The van der Waals surface area contributed by atoms with Crippen molar-refractivity contribution in [2.24, 2.45) is 0 Å². The number of esters is 3. The molecular formula is C66H50O30. The lowest BCUT2D eigenvalue weighted by atomic mass is 9.73. The summed E-state index contributed by atoms with van der Waals surface area (Å²) in [5.74, 6) is -30.4. The largest absolute Gasteiger partial charge is 0.508 e. The molecule has 0 bridgehead atoms. The van der Waals surface area contributed by atoms with Crippen molar-refractivity contribution in [2.45, 2.75) is 54.9 Å². The lowest BCUT2D eigenvalue weighted by Gasteiger charge is -2.44. The third-order valence-corrected chi connectivity index (χ3v) is 16.4. The predicted octanol–water partition coefficient (Wildman–Crippen LogP) is 7.39. The monoisotopic (exact) mass is 1320 g/mol. The van der Waals surface area contributed by atoms with Crippen molar-refractivity contribution in [3.8, 4) is 138 Å². The molecule has 8 atom stereocenters. The average molecular weight is 1320 g/mol. The highest BCUT2D eigenvalue weighted by molar-refractivity contribution is 5.93. The Morgan fingerprint density at radius 1 is 0.312 bits per heavy atom. The van der Waals surface area contributed by atoms with E-state index >= 15 is 0 Å². The van der Waals surface area contributed by atoms with Gasteiger partial charge in [-0.25, -0.2) is 14.4 Å². The third-order valence-electron chi connectivity index (χ3n) is 16.4. The van der Waals surface area contributed by atoms with Crippen LogP contribution >= 0.6 is 0 Å². The van der Waals surface area contributed by atoms with E-state index in [1.54, 1.807) is 0 Å². The van der Waals surface area contributed by atoms with Crippen molar-refractivity contribution < 1.29 is 150 Å². The minimum Gasteiger partial charge on any atom is -0.508 e. The van der Waals surface area contributed by atoms with Gasteiger partial charge >= 0.3 is 17.9 Å². The van der Waals surface area contributed by atoms with Crippen LogP contribution in [0.3, 0.4) is 0 Å². The Kier molecular flexibility index (Phi) is 15.3. The van der Waals surface area contributed by atoms with Crippen molar-refractivity contribution in [3.05, 3.63) is 176 Å². The molecule has 30 nitrogen and oxygen atoms in total. The van der Waals surface area contributed by atoms with E-state index in [9.17, 15) is 122 Å². The van der Waals surface area contributed by atoms with Crippen LogP contribution in [0.15, 0.2) is 115 Å². The zero-order chi connectivity index (χ0) is 68.9. The van der Waals surface area contributed by atoms with Crippen molar-refractivity contribution in [1.82, 2.24) is 0 Å². The second-order valence-electron chi connectivity index (χ2n) is 22.4. The molecule has 12 rings (SSSR count). The molecule has 494 valence electrons. The summed E-state index contributed by atoms with van der Waals surface area (Å²) in [6.45, 7) is 0. The van der Waals surface area contributed by atoms with Gasteiger partial charge in [0.25, 0.3) is 0 Å². The summed E-state index contributed by atoms with van der Waals surface area (Å²) in [4.78, 5) is 43.7. The first-order valence-electron chi connectivity index (χ1n) is 28.1. The maximum absolute atomic E-state index is 14.9. The second-order valence-corrected chi connectivity index (χ2v) is 22.4. The molecule has 3 aliphatic heterocycles. The molecule has 0 unspecified atom stereocenters. The highest BCUT2D eigenvalue weighted by Gasteiger charge is 2.54. The molecule has 21 N–H and O–H groups in total. The van der Waals surface area contributed by atoms with Gasteiger partial charge in [-0.1, -0.05) is 18.2 Å². The molecule has 9 aromatic rings. The zero-order valence-corrected chi connectivity index (χ0v) is 48.4. The summed E-state index contributed by atoms with van der Waals surface area (Å²) in [5.41, 5.74) is -5.75. The van der Waals surface area contributed by atoms with E-state index in [4.69, 9.17) is 28.4 Å². The van der Waals surface area contributed by atoms with Crippen molar-refractivity contribution >= 4 is 17.9 Å². The van der Waals surface area contributed by atoms with Crippen LogP contribution in [-0.2, 0) is 20.6 Å². The Morgan fingerprint density at radius 2 is 0.656 bits per heavy atom. The fraction of sp³-hybridized carbons (Fsp3) is 0.136. The van der Waals surface area contributed by atoms with Gasteiger partial charge in [0.05, 0.1) is 28.5 Å². The fourth-order valence-corrected chi connectivity index (χ4v) is 12.0. The molecule has 0 fully saturated rings. The quantitative estimate of drug-likeness (QED) is 0.0341. The number of hydrogen-bond donors (Lipinski definition) is 21. The normalized spacial score (nSPS) is 19.2. The number of fused-ring (bicyclic) bond motifs is 3. The van der Waals surface area contributed by atoms with Gasteiger partial charge in [0.1, 0.15) is 57.8 Å². The van der Waals surface area contributed by atoms with E-state index in [1.807, 2.05) is 0 Å². The molecule has 0 amide bonds. The number of aromatic hydroxyl groups is 21. The molecular weight excluding hydrogens is 1270 g/mol. The molecule has 0 aliphatic carbocycles. The Bertz CT molecular complexity index is 4680. The number of carbonyl (C=O) groups excluding carboxylic acids is 3. The number of carbonyl (C=O) groups is 3. The van der Waals surface area contributed by atoms with Gasteiger partial charge in [0.2, 0.25) is 0 Å². The van der Waals surface area contributed by atoms with E-state index in [0.717, 1.165) is 72.8 Å². The van der Waals surface area contributed by atoms with Gasteiger partial charge in [0.15, 0.2) is 117 Å². The number of phenols is 21. The van der Waals surface area contributed by atoms with Crippen LogP contribution < -0.4 is 14.2 Å². The van der Waals surface area contributed by atoms with E-state index < -0.39 is 255 Å². The molecule has 0 spiro atoms. The van der Waals surface area contributed by atoms with Gasteiger partial charge in [-0.3, -0.25) is 0 Å². The average Bonchev–Trinajstić information content (AvgIpc) is 0.709. The minimum absolute atomic E-state index is 0.160. The lowest BCUT2D eigenvalue weighted by Crippen LogP contribution is -2.42. The molecule has 0 saturated carbocycles. The van der Waals surface area contributed by atoms with E-state index in [2.05, 4.69) is 0 Å². The lowest BCUT2D eigenvalue weighted by molar-refractivity contribution is -0.0345. The first-order chi connectivity index (χ1) is 45.5. The standard InChI is InChI=1S/C66H50O30/c67-27-16-36(75)48-46(17-27)91-58(22-2-5-30(69)34(73)8-22)62(95-65(89)25-12-42(81)55(86)43(82)13-25)52(48)50-38(77)20-39(78)51-53(63(96-66(90)26-14-44(83)56(87)45(84)15-26)59(94-61(50)51)23-3-6-31(70)35(74)9-23)49-37(76)19-32(71)28-18-47(92-64(88)24-10-40(79)54(85)41(80)11-24)57(93-60(28)49)21-1-4-29(68)33(72)7-21/h1-17,19-20,47,52-53,57-59,62-63,67-87H,18H2/t47-,52-,53-,57-,58-,59-,62-,63-/m1/s1. The van der Waals surface area contributed by atoms with Crippen molar-refractivity contribution in [2.75, 3.05) is 0 Å². The Morgan fingerprint density at radius 3 is 1.07 bits per heavy atom. The van der Waals surface area contributed by atoms with Crippen LogP contribution in [0.1, 0.15) is 106 Å². The number of benzene rings is 9. The maximum atomic E-state index is 14.9. The summed E-state index contributed by atoms with van der Waals surface area (Å²) in [6.07, 6.45) is -12.7. The molecule has 0 aromatic heterocycles. The number of phenolic OH excluding ortho intramolecular Hbond substituents is 21. The highest BCUT2D eigenvalue weighted by Crippen LogP contribution is 2.64. The SMILES string of the molecule is O=C(O[C@@H]1[C@H](c2c(O)cc(O)c3c2O[C@H](c2ccc(O)c(O)c2)[C@H](OC(=O)c2cc(O)c(O)c(O)c2)C3)c2c(O)cc(O)c([C@H]3c4c(O)cc(O)cc4O[C@H](c4ccc(O)c(O)c4)[C@@H]3OC(=O)c3cc(O)c(O)c(O)c3)c2O[C@@H]1c1ccc(O)c(O)c1)c1cc(O)c(O)c(O)c1. The van der Waals surface area contributed by atoms with Crippen LogP contribution in [-0.4, -0.2) is 143 Å². The van der Waals surface area contributed by atoms with Crippen LogP contribution in [0.2, 0.25) is 0 Å². The number of ether oxygens (including phenoxy) is 6. The summed E-state index contributed by atoms with van der Waals surface area (Å²) in [7, 11) is 0. The molecule has 0 radical (unpaired) electrons. The van der Waals surface area contributed by atoms with Gasteiger partial charge < -0.3 is 136 Å². The van der Waals surface area contributed by atoms with Crippen LogP contribution in [0.5, 0.6) is 138 Å². The van der Waals surface area contributed by atoms with Gasteiger partial charge in [-0.15, -0.1) is 0 Å². The number of hydrogen-bond acceptors (Lipinski definition) is 30.